The average Bonchev–Trinajstić information content (AvgIpc) is 2.20. The Labute approximate surface area is 99.3 Å². The van der Waals surface area contributed by atoms with Gasteiger partial charge in [0.2, 0.25) is 0 Å². The molecule has 0 rings (SSSR count). The second-order valence-corrected chi connectivity index (χ2v) is 5.78. The molecule has 6 heteroatoms. The Kier molecular flexibility index (Phi) is 8.35. The van der Waals surface area contributed by atoms with Gasteiger partial charge in [0.1, 0.15) is 10.5 Å². The molecule has 0 heterocycles. The van der Waals surface area contributed by atoms with Crippen molar-refractivity contribution in [2.45, 2.75) is 49.4 Å². The van der Waals surface area contributed by atoms with Crippen LogP contribution in [0.25, 0.3) is 0 Å². The molecule has 0 aromatic carbocycles. The Morgan fingerprint density at radius 2 is 1.25 bits per heavy atom. The maximum absolute atomic E-state index is 12.1. The van der Waals surface area contributed by atoms with E-state index in [4.69, 9.17) is 10.2 Å². The summed E-state index contributed by atoms with van der Waals surface area (Å²) < 4.78 is 12.1. The maximum Gasteiger partial charge on any atom is 0.143 e. The molecule has 0 saturated heterocycles. The zero-order valence-corrected chi connectivity index (χ0v) is 10.6. The van der Waals surface area contributed by atoms with Crippen molar-refractivity contribution < 1.29 is 25.0 Å². The number of aliphatic hydroxyl groups excluding tert-OH is 4. The van der Waals surface area contributed by atoms with E-state index in [0.717, 1.165) is 0 Å². The van der Waals surface area contributed by atoms with Crippen molar-refractivity contribution in [1.82, 2.24) is 0 Å². The molecule has 98 valence electrons. The predicted octanol–water partition coefficient (Wildman–Crippen LogP) is -1.00. The van der Waals surface area contributed by atoms with Crippen LogP contribution in [0.15, 0.2) is 0 Å². The molecule has 0 aromatic rings. The first-order valence-corrected chi connectivity index (χ1v) is 6.70. The Balaban J connectivity index is 4.58. The standard InChI is InChI=1S/C10H22O5S/c1-7(13)9(3-5-11)16(15)10(4-6-12)8(2)14/h7-14H,3-6H2,1-2H3. The van der Waals surface area contributed by atoms with Gasteiger partial charge in [0, 0.05) is 26.1 Å². The maximum atomic E-state index is 12.1. The lowest BCUT2D eigenvalue weighted by Crippen LogP contribution is -2.44. The van der Waals surface area contributed by atoms with Crippen LogP contribution in [0.4, 0.5) is 0 Å². The molecule has 16 heavy (non-hydrogen) atoms. The van der Waals surface area contributed by atoms with E-state index in [9.17, 15) is 14.8 Å². The van der Waals surface area contributed by atoms with E-state index < -0.39 is 33.9 Å². The SMILES string of the molecule is CC(O)C(CCO)[S+]([O-])C(CCO)C(C)O. The van der Waals surface area contributed by atoms with Crippen LogP contribution in [-0.4, -0.2) is 60.9 Å². The minimum absolute atomic E-state index is 0.160. The second kappa shape index (κ2) is 8.27. The van der Waals surface area contributed by atoms with Gasteiger partial charge in [-0.15, -0.1) is 0 Å². The van der Waals surface area contributed by atoms with Crippen LogP contribution in [0.1, 0.15) is 26.7 Å². The van der Waals surface area contributed by atoms with Crippen molar-refractivity contribution in [3.8, 4) is 0 Å². The summed E-state index contributed by atoms with van der Waals surface area (Å²) in [5.41, 5.74) is 0. The van der Waals surface area contributed by atoms with Gasteiger partial charge in [-0.1, -0.05) is 0 Å². The topological polar surface area (TPSA) is 104 Å². The van der Waals surface area contributed by atoms with Crippen molar-refractivity contribution >= 4 is 11.2 Å². The van der Waals surface area contributed by atoms with E-state index in [1.54, 1.807) is 0 Å². The molecule has 0 bridgehead atoms. The first-order valence-electron chi connectivity index (χ1n) is 5.42. The van der Waals surface area contributed by atoms with Crippen molar-refractivity contribution in [3.63, 3.8) is 0 Å². The van der Waals surface area contributed by atoms with Gasteiger partial charge in [-0.2, -0.15) is 0 Å². The zero-order chi connectivity index (χ0) is 12.7. The number of rotatable bonds is 8. The molecule has 0 aliphatic heterocycles. The van der Waals surface area contributed by atoms with Gasteiger partial charge in [-0.25, -0.2) is 0 Å². The lowest BCUT2D eigenvalue weighted by atomic mass is 10.2. The fourth-order valence-electron chi connectivity index (χ4n) is 1.58. The van der Waals surface area contributed by atoms with Crippen LogP contribution in [0.2, 0.25) is 0 Å². The molecular formula is C10H22O5S. The minimum atomic E-state index is -1.48. The van der Waals surface area contributed by atoms with E-state index in [1.165, 1.54) is 13.8 Å². The molecule has 5 nitrogen and oxygen atoms in total. The summed E-state index contributed by atoms with van der Waals surface area (Å²) in [4.78, 5) is 0. The van der Waals surface area contributed by atoms with Crippen LogP contribution >= 0.6 is 0 Å². The Morgan fingerprint density at radius 1 is 0.938 bits per heavy atom. The van der Waals surface area contributed by atoms with E-state index in [0.29, 0.717) is 0 Å². The van der Waals surface area contributed by atoms with Crippen molar-refractivity contribution in [2.24, 2.45) is 0 Å². The number of hydrogen-bond donors (Lipinski definition) is 4. The quantitative estimate of drug-likeness (QED) is 0.416. The summed E-state index contributed by atoms with van der Waals surface area (Å²) in [5.74, 6) is 0. The molecule has 0 amide bonds. The van der Waals surface area contributed by atoms with Gasteiger partial charge < -0.3 is 25.0 Å². The smallest absolute Gasteiger partial charge is 0.143 e. The monoisotopic (exact) mass is 254 g/mol. The van der Waals surface area contributed by atoms with Crippen LogP contribution < -0.4 is 0 Å². The summed E-state index contributed by atoms with van der Waals surface area (Å²) in [6.07, 6.45) is -1.18. The summed E-state index contributed by atoms with van der Waals surface area (Å²) in [6, 6.07) is 0. The lowest BCUT2D eigenvalue weighted by molar-refractivity contribution is 0.156. The van der Waals surface area contributed by atoms with E-state index in [2.05, 4.69) is 0 Å². The fraction of sp³-hybridized carbons (Fsp3) is 1.00. The Bertz CT molecular complexity index is 159. The summed E-state index contributed by atoms with van der Waals surface area (Å²) >= 11 is -1.48. The second-order valence-electron chi connectivity index (χ2n) is 3.91. The summed E-state index contributed by atoms with van der Waals surface area (Å²) in [5, 5.41) is 35.4. The molecule has 0 fully saturated rings. The van der Waals surface area contributed by atoms with Crippen LogP contribution in [0.5, 0.6) is 0 Å². The van der Waals surface area contributed by atoms with Crippen LogP contribution in [0.3, 0.4) is 0 Å². The largest absolute Gasteiger partial charge is 0.616 e. The Hall–Kier alpha value is 0.150. The fourth-order valence-corrected chi connectivity index (χ4v) is 3.48. The van der Waals surface area contributed by atoms with Crippen LogP contribution in [0, 0.1) is 0 Å². The summed E-state index contributed by atoms with van der Waals surface area (Å²) in [7, 11) is 0. The minimum Gasteiger partial charge on any atom is -0.616 e. The summed E-state index contributed by atoms with van der Waals surface area (Å²) in [6.45, 7) is 2.70. The van der Waals surface area contributed by atoms with Gasteiger partial charge >= 0.3 is 0 Å². The van der Waals surface area contributed by atoms with Crippen molar-refractivity contribution in [2.75, 3.05) is 13.2 Å². The number of hydrogen-bond acceptors (Lipinski definition) is 5. The van der Waals surface area contributed by atoms with Crippen molar-refractivity contribution in [1.29, 1.82) is 0 Å². The van der Waals surface area contributed by atoms with Gasteiger partial charge in [0.25, 0.3) is 0 Å². The lowest BCUT2D eigenvalue weighted by Gasteiger charge is -2.31. The number of aliphatic hydroxyl groups is 4. The first-order chi connectivity index (χ1) is 7.45. The average molecular weight is 254 g/mol. The van der Waals surface area contributed by atoms with E-state index >= 15 is 0 Å². The molecule has 4 unspecified atom stereocenters. The molecule has 4 N–H and O–H groups in total. The molecule has 0 spiro atoms. The van der Waals surface area contributed by atoms with Gasteiger partial charge in [-0.05, 0) is 25.0 Å². The molecule has 0 aliphatic carbocycles. The first kappa shape index (κ1) is 16.1. The van der Waals surface area contributed by atoms with Crippen molar-refractivity contribution in [3.05, 3.63) is 0 Å². The molecule has 0 aliphatic rings. The zero-order valence-electron chi connectivity index (χ0n) is 9.74. The predicted molar refractivity (Wildman–Crippen MR) is 62.5 cm³/mol. The molecule has 0 aromatic heterocycles. The molecule has 0 radical (unpaired) electrons. The molecular weight excluding hydrogens is 232 g/mol. The van der Waals surface area contributed by atoms with Crippen LogP contribution in [-0.2, 0) is 11.2 Å². The van der Waals surface area contributed by atoms with E-state index in [-0.39, 0.29) is 26.1 Å². The van der Waals surface area contributed by atoms with Gasteiger partial charge in [0.05, 0.1) is 12.2 Å². The Morgan fingerprint density at radius 3 is 1.44 bits per heavy atom. The van der Waals surface area contributed by atoms with E-state index in [1.807, 2.05) is 0 Å². The highest BCUT2D eigenvalue weighted by Gasteiger charge is 2.36. The third-order valence-electron chi connectivity index (χ3n) is 2.50. The molecule has 0 saturated carbocycles. The third-order valence-corrected chi connectivity index (χ3v) is 4.95. The van der Waals surface area contributed by atoms with Gasteiger partial charge in [-0.3, -0.25) is 0 Å². The third kappa shape index (κ3) is 4.99. The normalized spacial score (nSPS) is 21.2. The highest BCUT2D eigenvalue weighted by Crippen LogP contribution is 2.21. The highest BCUT2D eigenvalue weighted by atomic mass is 32.2. The highest BCUT2D eigenvalue weighted by molar-refractivity contribution is 7.92. The van der Waals surface area contributed by atoms with Gasteiger partial charge in [0.15, 0.2) is 0 Å². The molecule has 4 atom stereocenters.